The van der Waals surface area contributed by atoms with Crippen molar-refractivity contribution < 1.29 is 5.11 Å². The maximum Gasteiger partial charge on any atom is 0.104 e. The lowest BCUT2D eigenvalue weighted by atomic mass is 9.96. The maximum absolute atomic E-state index is 10.4. The SMILES string of the molecule is CC(C)C(NC1CCCC1)C(O)c1cccs1. The Morgan fingerprint density at radius 2 is 2.06 bits per heavy atom. The molecule has 1 saturated carbocycles. The quantitative estimate of drug-likeness (QED) is 0.843. The largest absolute Gasteiger partial charge is 0.386 e. The van der Waals surface area contributed by atoms with Crippen LogP contribution in [-0.2, 0) is 0 Å². The molecular formula is C14H23NOS. The van der Waals surface area contributed by atoms with Crippen LogP contribution in [0, 0.1) is 5.92 Å². The highest BCUT2D eigenvalue weighted by Gasteiger charge is 2.28. The second kappa shape index (κ2) is 5.98. The summed E-state index contributed by atoms with van der Waals surface area (Å²) >= 11 is 1.64. The first-order chi connectivity index (χ1) is 8.18. The number of rotatable bonds is 5. The minimum atomic E-state index is -0.365. The molecule has 3 heteroatoms. The monoisotopic (exact) mass is 253 g/mol. The first kappa shape index (κ1) is 13.1. The van der Waals surface area contributed by atoms with Gasteiger partial charge in [0, 0.05) is 17.0 Å². The molecule has 1 heterocycles. The molecular weight excluding hydrogens is 230 g/mol. The summed E-state index contributed by atoms with van der Waals surface area (Å²) < 4.78 is 0. The Labute approximate surface area is 108 Å². The summed E-state index contributed by atoms with van der Waals surface area (Å²) in [6.45, 7) is 4.37. The van der Waals surface area contributed by atoms with Gasteiger partial charge >= 0.3 is 0 Å². The van der Waals surface area contributed by atoms with Crippen LogP contribution in [0.1, 0.15) is 50.5 Å². The van der Waals surface area contributed by atoms with Crippen molar-refractivity contribution in [2.24, 2.45) is 5.92 Å². The van der Waals surface area contributed by atoms with Crippen LogP contribution in [0.3, 0.4) is 0 Å². The molecule has 0 radical (unpaired) electrons. The molecule has 1 fully saturated rings. The van der Waals surface area contributed by atoms with Gasteiger partial charge in [0.25, 0.3) is 0 Å². The van der Waals surface area contributed by atoms with Crippen molar-refractivity contribution in [1.29, 1.82) is 0 Å². The van der Waals surface area contributed by atoms with Gasteiger partial charge in [-0.25, -0.2) is 0 Å². The minimum Gasteiger partial charge on any atom is -0.386 e. The van der Waals surface area contributed by atoms with Crippen molar-refractivity contribution >= 4 is 11.3 Å². The standard InChI is InChI=1S/C14H23NOS/c1-10(2)13(15-11-6-3-4-7-11)14(16)12-8-5-9-17-12/h5,8-11,13-16H,3-4,6-7H2,1-2H3. The summed E-state index contributed by atoms with van der Waals surface area (Å²) in [6.07, 6.45) is 4.83. The number of nitrogens with one attached hydrogen (secondary N) is 1. The van der Waals surface area contributed by atoms with Gasteiger partial charge in [0.15, 0.2) is 0 Å². The van der Waals surface area contributed by atoms with Crippen LogP contribution in [-0.4, -0.2) is 17.2 Å². The van der Waals surface area contributed by atoms with Gasteiger partial charge in [0.05, 0.1) is 0 Å². The zero-order valence-electron chi connectivity index (χ0n) is 10.7. The molecule has 2 rings (SSSR count). The third-order valence-corrected chi connectivity index (χ3v) is 4.62. The van der Waals surface area contributed by atoms with E-state index in [1.165, 1.54) is 25.7 Å². The van der Waals surface area contributed by atoms with Crippen LogP contribution < -0.4 is 5.32 Å². The van der Waals surface area contributed by atoms with Gasteiger partial charge in [0.1, 0.15) is 6.10 Å². The van der Waals surface area contributed by atoms with E-state index >= 15 is 0 Å². The molecule has 2 nitrogen and oxygen atoms in total. The number of hydrogen-bond donors (Lipinski definition) is 2. The fourth-order valence-corrected chi connectivity index (χ4v) is 3.41. The Hall–Kier alpha value is -0.380. The van der Waals surface area contributed by atoms with Crippen LogP contribution >= 0.6 is 11.3 Å². The van der Waals surface area contributed by atoms with E-state index in [0.717, 1.165) is 4.88 Å². The third kappa shape index (κ3) is 3.30. The lowest BCUT2D eigenvalue weighted by Gasteiger charge is -2.30. The molecule has 17 heavy (non-hydrogen) atoms. The lowest BCUT2D eigenvalue weighted by molar-refractivity contribution is 0.101. The van der Waals surface area contributed by atoms with Crippen LogP contribution in [0.2, 0.25) is 0 Å². The van der Waals surface area contributed by atoms with Gasteiger partial charge in [-0.15, -0.1) is 11.3 Å². The van der Waals surface area contributed by atoms with Gasteiger partial charge < -0.3 is 10.4 Å². The topological polar surface area (TPSA) is 32.3 Å². The molecule has 2 atom stereocenters. The van der Waals surface area contributed by atoms with Gasteiger partial charge in [0.2, 0.25) is 0 Å². The Balaban J connectivity index is 2.00. The van der Waals surface area contributed by atoms with Crippen molar-refractivity contribution in [2.45, 2.75) is 57.7 Å². The molecule has 0 bridgehead atoms. The Kier molecular flexibility index (Phi) is 4.60. The highest BCUT2D eigenvalue weighted by molar-refractivity contribution is 7.10. The number of aliphatic hydroxyl groups excluding tert-OH is 1. The maximum atomic E-state index is 10.4. The normalized spacial score (nSPS) is 20.9. The van der Waals surface area contributed by atoms with Crippen LogP contribution in [0.4, 0.5) is 0 Å². The third-order valence-electron chi connectivity index (χ3n) is 3.68. The fraction of sp³-hybridized carbons (Fsp3) is 0.714. The summed E-state index contributed by atoms with van der Waals surface area (Å²) in [5.74, 6) is 0.452. The van der Waals surface area contributed by atoms with Gasteiger partial charge in [-0.3, -0.25) is 0 Å². The highest BCUT2D eigenvalue weighted by atomic mass is 32.1. The zero-order valence-corrected chi connectivity index (χ0v) is 11.5. The van der Waals surface area contributed by atoms with Crippen LogP contribution in [0.15, 0.2) is 17.5 Å². The van der Waals surface area contributed by atoms with Gasteiger partial charge in [-0.2, -0.15) is 0 Å². The van der Waals surface area contributed by atoms with E-state index in [4.69, 9.17) is 0 Å². The van der Waals surface area contributed by atoms with Gasteiger partial charge in [-0.05, 0) is 30.2 Å². The van der Waals surface area contributed by atoms with E-state index in [0.29, 0.717) is 12.0 Å². The average molecular weight is 253 g/mol. The van der Waals surface area contributed by atoms with E-state index in [1.54, 1.807) is 11.3 Å². The molecule has 2 N–H and O–H groups in total. The molecule has 0 aliphatic heterocycles. The van der Waals surface area contributed by atoms with Crippen LogP contribution in [0.25, 0.3) is 0 Å². The second-order valence-electron chi connectivity index (χ2n) is 5.38. The van der Waals surface area contributed by atoms with Crippen LogP contribution in [0.5, 0.6) is 0 Å². The highest BCUT2D eigenvalue weighted by Crippen LogP contribution is 2.28. The van der Waals surface area contributed by atoms with E-state index in [1.807, 2.05) is 17.5 Å². The Morgan fingerprint density at radius 3 is 2.59 bits per heavy atom. The summed E-state index contributed by atoms with van der Waals surface area (Å²) in [6, 6.07) is 4.82. The Bertz CT molecular complexity index is 317. The molecule has 1 aliphatic rings. The summed E-state index contributed by atoms with van der Waals surface area (Å²) in [5, 5.41) is 16.1. The molecule has 0 saturated heterocycles. The average Bonchev–Trinajstić information content (AvgIpc) is 2.97. The van der Waals surface area contributed by atoms with E-state index < -0.39 is 0 Å². The molecule has 1 aromatic rings. The first-order valence-corrected chi connectivity index (χ1v) is 7.54. The lowest BCUT2D eigenvalue weighted by Crippen LogP contribution is -2.44. The Morgan fingerprint density at radius 1 is 1.35 bits per heavy atom. The fourth-order valence-electron chi connectivity index (χ4n) is 2.65. The molecule has 0 amide bonds. The van der Waals surface area contributed by atoms with E-state index in [-0.39, 0.29) is 12.1 Å². The number of hydrogen-bond acceptors (Lipinski definition) is 3. The minimum absolute atomic E-state index is 0.178. The predicted octanol–water partition coefficient (Wildman–Crippen LogP) is 3.34. The summed E-state index contributed by atoms with van der Waals surface area (Å²) in [4.78, 5) is 1.08. The summed E-state index contributed by atoms with van der Waals surface area (Å²) in [5.41, 5.74) is 0. The molecule has 0 aromatic carbocycles. The molecule has 1 aromatic heterocycles. The smallest absolute Gasteiger partial charge is 0.104 e. The van der Waals surface area contributed by atoms with Crippen molar-refractivity contribution in [3.05, 3.63) is 22.4 Å². The zero-order chi connectivity index (χ0) is 12.3. The van der Waals surface area contributed by atoms with Crippen molar-refractivity contribution in [3.63, 3.8) is 0 Å². The molecule has 2 unspecified atom stereocenters. The van der Waals surface area contributed by atoms with Gasteiger partial charge in [-0.1, -0.05) is 32.8 Å². The van der Waals surface area contributed by atoms with Crippen molar-refractivity contribution in [1.82, 2.24) is 5.32 Å². The molecule has 1 aliphatic carbocycles. The number of aliphatic hydroxyl groups is 1. The molecule has 0 spiro atoms. The number of thiophene rings is 1. The molecule has 96 valence electrons. The van der Waals surface area contributed by atoms with Crippen molar-refractivity contribution in [3.8, 4) is 0 Å². The van der Waals surface area contributed by atoms with E-state index in [9.17, 15) is 5.11 Å². The summed E-state index contributed by atoms with van der Waals surface area (Å²) in [7, 11) is 0. The van der Waals surface area contributed by atoms with E-state index in [2.05, 4.69) is 19.2 Å². The first-order valence-electron chi connectivity index (χ1n) is 6.66. The predicted molar refractivity (Wildman–Crippen MR) is 73.3 cm³/mol. The van der Waals surface area contributed by atoms with Crippen molar-refractivity contribution in [2.75, 3.05) is 0 Å². The second-order valence-corrected chi connectivity index (χ2v) is 6.36.